The fourth-order valence-electron chi connectivity index (χ4n) is 3.99. The van der Waals surface area contributed by atoms with Gasteiger partial charge in [-0.1, -0.05) is 48.3 Å². The van der Waals surface area contributed by atoms with Crippen LogP contribution in [0.5, 0.6) is 0 Å². The van der Waals surface area contributed by atoms with E-state index in [1.165, 1.54) is 22.2 Å². The standard InChI is InChI=1S/C22H21N5O3S/c1-13-17-21(23-12-27(22(17)29)11-16(28)24-15-9-5-6-10-15)31-18(13)20-25-19(26-30-20)14-7-3-2-4-8-14/h2-4,7-8,12,15H,5-6,9-11H2,1H3,(H,24,28). The highest BCUT2D eigenvalue weighted by atomic mass is 32.1. The van der Waals surface area contributed by atoms with Crippen LogP contribution in [0.25, 0.3) is 32.4 Å². The summed E-state index contributed by atoms with van der Waals surface area (Å²) >= 11 is 1.33. The smallest absolute Gasteiger partial charge is 0.268 e. The third kappa shape index (κ3) is 3.76. The molecule has 1 aromatic carbocycles. The molecule has 158 valence electrons. The predicted molar refractivity (Wildman–Crippen MR) is 118 cm³/mol. The third-order valence-corrected chi connectivity index (χ3v) is 6.79. The molecule has 0 saturated heterocycles. The van der Waals surface area contributed by atoms with Crippen molar-refractivity contribution in [1.29, 1.82) is 0 Å². The number of hydrogen-bond acceptors (Lipinski definition) is 7. The van der Waals surface area contributed by atoms with Gasteiger partial charge in [0, 0.05) is 11.6 Å². The van der Waals surface area contributed by atoms with Crippen LogP contribution in [0, 0.1) is 6.92 Å². The molecule has 0 bridgehead atoms. The Hall–Kier alpha value is -3.33. The molecule has 0 unspecified atom stereocenters. The lowest BCUT2D eigenvalue weighted by atomic mass is 10.2. The number of nitrogens with one attached hydrogen (secondary N) is 1. The minimum Gasteiger partial charge on any atom is -0.352 e. The molecule has 0 spiro atoms. The van der Waals surface area contributed by atoms with Gasteiger partial charge in [0.2, 0.25) is 11.7 Å². The van der Waals surface area contributed by atoms with Crippen molar-refractivity contribution >= 4 is 27.5 Å². The van der Waals surface area contributed by atoms with Crippen molar-refractivity contribution in [3.8, 4) is 22.2 Å². The predicted octanol–water partition coefficient (Wildman–Crippen LogP) is 3.54. The maximum absolute atomic E-state index is 13.1. The topological polar surface area (TPSA) is 103 Å². The summed E-state index contributed by atoms with van der Waals surface area (Å²) in [6.07, 6.45) is 5.70. The summed E-state index contributed by atoms with van der Waals surface area (Å²) in [5.74, 6) is 0.679. The van der Waals surface area contributed by atoms with Crippen LogP contribution in [-0.4, -0.2) is 31.6 Å². The van der Waals surface area contributed by atoms with Gasteiger partial charge in [0.25, 0.3) is 11.4 Å². The fourth-order valence-corrected chi connectivity index (χ4v) is 5.06. The van der Waals surface area contributed by atoms with Crippen LogP contribution in [-0.2, 0) is 11.3 Å². The SMILES string of the molecule is Cc1c(-c2nc(-c3ccccc3)no2)sc2ncn(CC(=O)NC3CCCC3)c(=O)c12. The number of carbonyl (C=O) groups excluding carboxylic acids is 1. The second-order valence-corrected chi connectivity index (χ2v) is 8.75. The van der Waals surface area contributed by atoms with Crippen molar-refractivity contribution in [2.24, 2.45) is 0 Å². The Kier molecular flexibility index (Phi) is 5.11. The Morgan fingerprint density at radius 3 is 2.81 bits per heavy atom. The molecule has 8 nitrogen and oxygen atoms in total. The molecule has 3 aromatic heterocycles. The fraction of sp³-hybridized carbons (Fsp3) is 0.318. The maximum atomic E-state index is 13.1. The van der Waals surface area contributed by atoms with E-state index in [1.54, 1.807) is 0 Å². The van der Waals surface area contributed by atoms with E-state index in [0.29, 0.717) is 26.8 Å². The molecule has 3 heterocycles. The van der Waals surface area contributed by atoms with Gasteiger partial charge in [-0.15, -0.1) is 11.3 Å². The largest absolute Gasteiger partial charge is 0.352 e. The molecule has 0 aliphatic heterocycles. The van der Waals surface area contributed by atoms with E-state index < -0.39 is 0 Å². The number of hydrogen-bond donors (Lipinski definition) is 1. The molecule has 1 aliphatic rings. The second-order valence-electron chi connectivity index (χ2n) is 7.75. The Morgan fingerprint density at radius 2 is 2.03 bits per heavy atom. The Bertz CT molecular complexity index is 1300. The molecule has 4 aromatic rings. The average Bonchev–Trinajstić information content (AvgIpc) is 3.51. The normalized spacial score (nSPS) is 14.4. The zero-order valence-corrected chi connectivity index (χ0v) is 17.8. The number of nitrogens with zero attached hydrogens (tertiary/aromatic N) is 4. The first-order chi connectivity index (χ1) is 15.1. The molecule has 31 heavy (non-hydrogen) atoms. The van der Waals surface area contributed by atoms with Gasteiger partial charge in [-0.3, -0.25) is 14.2 Å². The molecule has 9 heteroatoms. The van der Waals surface area contributed by atoms with E-state index in [2.05, 4.69) is 20.4 Å². The molecule has 1 fully saturated rings. The van der Waals surface area contributed by atoms with Gasteiger partial charge in [0.15, 0.2) is 0 Å². The zero-order chi connectivity index (χ0) is 21.4. The lowest BCUT2D eigenvalue weighted by Crippen LogP contribution is -2.37. The van der Waals surface area contributed by atoms with E-state index in [-0.39, 0.29) is 24.1 Å². The van der Waals surface area contributed by atoms with E-state index in [9.17, 15) is 9.59 Å². The van der Waals surface area contributed by atoms with Crippen LogP contribution in [0.4, 0.5) is 0 Å². The van der Waals surface area contributed by atoms with Crippen molar-refractivity contribution in [2.75, 3.05) is 0 Å². The summed E-state index contributed by atoms with van der Waals surface area (Å²) < 4.78 is 6.83. The number of aryl methyl sites for hydroxylation is 1. The monoisotopic (exact) mass is 435 g/mol. The highest BCUT2D eigenvalue weighted by Crippen LogP contribution is 2.35. The molecule has 5 rings (SSSR count). The number of fused-ring (bicyclic) bond motifs is 1. The van der Waals surface area contributed by atoms with Gasteiger partial charge in [0.05, 0.1) is 16.6 Å². The van der Waals surface area contributed by atoms with Crippen LogP contribution >= 0.6 is 11.3 Å². The number of rotatable bonds is 5. The van der Waals surface area contributed by atoms with Crippen molar-refractivity contribution in [3.05, 3.63) is 52.6 Å². The molecule has 1 aliphatic carbocycles. The summed E-state index contributed by atoms with van der Waals surface area (Å²) in [5.41, 5.74) is 1.34. The van der Waals surface area contributed by atoms with E-state index in [0.717, 1.165) is 36.8 Å². The summed E-state index contributed by atoms with van der Waals surface area (Å²) in [5, 5.41) is 7.56. The van der Waals surface area contributed by atoms with Crippen LogP contribution in [0.15, 0.2) is 46.0 Å². The van der Waals surface area contributed by atoms with Gasteiger partial charge in [0.1, 0.15) is 11.4 Å². The first kappa shape index (κ1) is 19.6. The van der Waals surface area contributed by atoms with Crippen LogP contribution in [0.2, 0.25) is 0 Å². The lowest BCUT2D eigenvalue weighted by molar-refractivity contribution is -0.122. The highest BCUT2D eigenvalue weighted by Gasteiger charge is 2.22. The quantitative estimate of drug-likeness (QED) is 0.514. The van der Waals surface area contributed by atoms with E-state index in [4.69, 9.17) is 4.52 Å². The first-order valence-electron chi connectivity index (χ1n) is 10.3. The van der Waals surface area contributed by atoms with Gasteiger partial charge >= 0.3 is 0 Å². The van der Waals surface area contributed by atoms with Crippen molar-refractivity contribution in [3.63, 3.8) is 0 Å². The maximum Gasteiger partial charge on any atom is 0.268 e. The Morgan fingerprint density at radius 1 is 1.26 bits per heavy atom. The number of aromatic nitrogens is 4. The van der Waals surface area contributed by atoms with E-state index in [1.807, 2.05) is 37.3 Å². The number of thiophene rings is 1. The van der Waals surface area contributed by atoms with Gasteiger partial charge in [-0.25, -0.2) is 4.98 Å². The first-order valence-corrected chi connectivity index (χ1v) is 11.1. The molecule has 0 radical (unpaired) electrons. The molecular weight excluding hydrogens is 414 g/mol. The minimum absolute atomic E-state index is 0.0401. The molecule has 1 N–H and O–H groups in total. The van der Waals surface area contributed by atoms with Crippen molar-refractivity contribution in [2.45, 2.75) is 45.2 Å². The van der Waals surface area contributed by atoms with Crippen LogP contribution in [0.1, 0.15) is 31.2 Å². The Balaban J connectivity index is 1.45. The summed E-state index contributed by atoms with van der Waals surface area (Å²) in [4.78, 5) is 35.7. The number of carbonyl (C=O) groups is 1. The van der Waals surface area contributed by atoms with Crippen LogP contribution in [0.3, 0.4) is 0 Å². The minimum atomic E-state index is -0.241. The van der Waals surface area contributed by atoms with E-state index >= 15 is 0 Å². The lowest BCUT2D eigenvalue weighted by Gasteiger charge is -2.12. The summed E-state index contributed by atoms with van der Waals surface area (Å²) in [6, 6.07) is 9.76. The molecule has 0 atom stereocenters. The summed E-state index contributed by atoms with van der Waals surface area (Å²) in [7, 11) is 0. The number of amides is 1. The summed E-state index contributed by atoms with van der Waals surface area (Å²) in [6.45, 7) is 1.80. The third-order valence-electron chi connectivity index (χ3n) is 5.60. The Labute approximate surface area is 181 Å². The van der Waals surface area contributed by atoms with Gasteiger partial charge < -0.3 is 9.84 Å². The van der Waals surface area contributed by atoms with Crippen molar-refractivity contribution < 1.29 is 9.32 Å². The zero-order valence-electron chi connectivity index (χ0n) is 17.0. The second kappa shape index (κ2) is 8.07. The average molecular weight is 436 g/mol. The van der Waals surface area contributed by atoms with Crippen molar-refractivity contribution in [1.82, 2.24) is 25.0 Å². The van der Waals surface area contributed by atoms with Crippen LogP contribution < -0.4 is 10.9 Å². The molecule has 1 saturated carbocycles. The van der Waals surface area contributed by atoms with Gasteiger partial charge in [-0.2, -0.15) is 4.98 Å². The van der Waals surface area contributed by atoms with Gasteiger partial charge in [-0.05, 0) is 25.3 Å². The highest BCUT2D eigenvalue weighted by molar-refractivity contribution is 7.22. The number of benzene rings is 1. The molecular formula is C22H21N5O3S. The molecule has 1 amide bonds.